The Hall–Kier alpha value is -2.15. The first kappa shape index (κ1) is 12.9. The molecule has 0 heterocycles. The van der Waals surface area contributed by atoms with Crippen LogP contribution in [0.1, 0.15) is 6.92 Å². The number of rotatable bonds is 5. The van der Waals surface area contributed by atoms with Crippen LogP contribution < -0.4 is 14.8 Å². The lowest BCUT2D eigenvalue weighted by atomic mass is 10.3. The molecule has 4 nitrogen and oxygen atoms in total. The second-order valence-electron chi connectivity index (χ2n) is 3.13. The molecule has 1 aromatic rings. The monoisotopic (exact) mass is 233 g/mol. The molecule has 1 N–H and O–H groups in total. The van der Waals surface area contributed by atoms with Gasteiger partial charge in [-0.25, -0.2) is 0 Å². The standard InChI is InChI=1S/C13H15NO3/c1-3-6-13(15)14-9-10-17-12-8-5-4-7-11(12)16-2/h4-5,7-8H,9-10H2,1-2H3,(H,14,15). The van der Waals surface area contributed by atoms with Crippen LogP contribution in [-0.4, -0.2) is 26.2 Å². The summed E-state index contributed by atoms with van der Waals surface area (Å²) in [5.41, 5.74) is 0. The summed E-state index contributed by atoms with van der Waals surface area (Å²) in [6.45, 7) is 2.40. The summed E-state index contributed by atoms with van der Waals surface area (Å²) < 4.78 is 10.6. The van der Waals surface area contributed by atoms with Crippen molar-refractivity contribution >= 4 is 5.91 Å². The van der Waals surface area contributed by atoms with Crippen LogP contribution in [0.15, 0.2) is 24.3 Å². The van der Waals surface area contributed by atoms with E-state index in [4.69, 9.17) is 9.47 Å². The van der Waals surface area contributed by atoms with Gasteiger partial charge in [0, 0.05) is 0 Å². The average molecular weight is 233 g/mol. The first-order valence-electron chi connectivity index (χ1n) is 5.24. The summed E-state index contributed by atoms with van der Waals surface area (Å²) in [4.78, 5) is 11.0. The van der Waals surface area contributed by atoms with E-state index in [0.29, 0.717) is 24.7 Å². The zero-order valence-electron chi connectivity index (χ0n) is 9.95. The summed E-state index contributed by atoms with van der Waals surface area (Å²) >= 11 is 0. The van der Waals surface area contributed by atoms with Gasteiger partial charge < -0.3 is 14.8 Å². The SMILES string of the molecule is CC#CC(=O)NCCOc1ccccc1OC. The van der Waals surface area contributed by atoms with Gasteiger partial charge in [-0.2, -0.15) is 0 Å². The van der Waals surface area contributed by atoms with Crippen LogP contribution in [0.5, 0.6) is 11.5 Å². The molecule has 0 aromatic heterocycles. The summed E-state index contributed by atoms with van der Waals surface area (Å²) in [5.74, 6) is 5.94. The van der Waals surface area contributed by atoms with E-state index in [0.717, 1.165) is 0 Å². The second-order valence-corrected chi connectivity index (χ2v) is 3.13. The number of carbonyl (C=O) groups excluding carboxylic acids is 1. The van der Waals surface area contributed by atoms with Crippen molar-refractivity contribution in [3.05, 3.63) is 24.3 Å². The van der Waals surface area contributed by atoms with Crippen molar-refractivity contribution in [3.8, 4) is 23.3 Å². The van der Waals surface area contributed by atoms with Crippen molar-refractivity contribution in [2.45, 2.75) is 6.92 Å². The van der Waals surface area contributed by atoms with Crippen molar-refractivity contribution in [2.75, 3.05) is 20.3 Å². The van der Waals surface area contributed by atoms with Crippen molar-refractivity contribution in [2.24, 2.45) is 0 Å². The highest BCUT2D eigenvalue weighted by atomic mass is 16.5. The quantitative estimate of drug-likeness (QED) is 0.614. The number of benzene rings is 1. The minimum Gasteiger partial charge on any atom is -0.493 e. The van der Waals surface area contributed by atoms with Gasteiger partial charge in [0.05, 0.1) is 13.7 Å². The molecule has 4 heteroatoms. The van der Waals surface area contributed by atoms with E-state index in [9.17, 15) is 4.79 Å². The number of nitrogens with one attached hydrogen (secondary N) is 1. The zero-order valence-corrected chi connectivity index (χ0v) is 9.95. The minimum atomic E-state index is -0.295. The Labute approximate surface area is 101 Å². The van der Waals surface area contributed by atoms with Crippen LogP contribution in [0.25, 0.3) is 0 Å². The van der Waals surface area contributed by atoms with E-state index in [1.54, 1.807) is 14.0 Å². The number of amides is 1. The Kier molecular flexibility index (Phi) is 5.45. The van der Waals surface area contributed by atoms with Crippen LogP contribution in [-0.2, 0) is 4.79 Å². The molecule has 0 bridgehead atoms. The number of methoxy groups -OCH3 is 1. The third kappa shape index (κ3) is 4.47. The molecule has 0 radical (unpaired) electrons. The summed E-state index contributed by atoms with van der Waals surface area (Å²) in [6.07, 6.45) is 0. The van der Waals surface area contributed by atoms with Crippen LogP contribution in [0.3, 0.4) is 0 Å². The fraction of sp³-hybridized carbons (Fsp3) is 0.308. The van der Waals surface area contributed by atoms with Crippen molar-refractivity contribution in [1.29, 1.82) is 0 Å². The van der Waals surface area contributed by atoms with E-state index in [1.807, 2.05) is 24.3 Å². The number of hydrogen-bond acceptors (Lipinski definition) is 3. The van der Waals surface area contributed by atoms with Gasteiger partial charge in [0.2, 0.25) is 0 Å². The third-order valence-electron chi connectivity index (χ3n) is 1.95. The maximum Gasteiger partial charge on any atom is 0.295 e. The Morgan fingerprint density at radius 2 is 2.06 bits per heavy atom. The molecular formula is C13H15NO3. The lowest BCUT2D eigenvalue weighted by Crippen LogP contribution is -2.26. The third-order valence-corrected chi connectivity index (χ3v) is 1.95. The predicted molar refractivity (Wildman–Crippen MR) is 64.9 cm³/mol. The Morgan fingerprint density at radius 3 is 2.71 bits per heavy atom. The summed E-state index contributed by atoms with van der Waals surface area (Å²) in [5, 5.41) is 2.61. The smallest absolute Gasteiger partial charge is 0.295 e. The highest BCUT2D eigenvalue weighted by molar-refractivity contribution is 5.93. The predicted octanol–water partition coefficient (Wildman–Crippen LogP) is 1.21. The molecule has 0 aliphatic carbocycles. The largest absolute Gasteiger partial charge is 0.493 e. The number of ether oxygens (including phenoxy) is 2. The molecule has 0 aliphatic rings. The lowest BCUT2D eigenvalue weighted by Gasteiger charge is -2.09. The van der Waals surface area contributed by atoms with E-state index >= 15 is 0 Å². The fourth-order valence-corrected chi connectivity index (χ4v) is 1.22. The normalized spacial score (nSPS) is 8.82. The topological polar surface area (TPSA) is 47.6 Å². The van der Waals surface area contributed by atoms with Gasteiger partial charge in [-0.05, 0) is 25.0 Å². The molecule has 1 amide bonds. The molecule has 0 spiro atoms. The maximum atomic E-state index is 11.0. The van der Waals surface area contributed by atoms with Gasteiger partial charge in [-0.15, -0.1) is 0 Å². The van der Waals surface area contributed by atoms with Gasteiger partial charge in [0.1, 0.15) is 6.61 Å². The number of carbonyl (C=O) groups is 1. The molecular weight excluding hydrogens is 218 g/mol. The van der Waals surface area contributed by atoms with E-state index in [-0.39, 0.29) is 5.91 Å². The van der Waals surface area contributed by atoms with Crippen molar-refractivity contribution in [3.63, 3.8) is 0 Å². The van der Waals surface area contributed by atoms with Crippen molar-refractivity contribution in [1.82, 2.24) is 5.32 Å². The maximum absolute atomic E-state index is 11.0. The average Bonchev–Trinajstić information content (AvgIpc) is 2.35. The highest BCUT2D eigenvalue weighted by Gasteiger charge is 2.02. The van der Waals surface area contributed by atoms with Crippen LogP contribution in [0.4, 0.5) is 0 Å². The Morgan fingerprint density at radius 1 is 1.35 bits per heavy atom. The first-order chi connectivity index (χ1) is 8.27. The molecule has 0 saturated carbocycles. The number of para-hydroxylation sites is 2. The van der Waals surface area contributed by atoms with Crippen LogP contribution >= 0.6 is 0 Å². The molecule has 0 atom stereocenters. The molecule has 0 aliphatic heterocycles. The lowest BCUT2D eigenvalue weighted by molar-refractivity contribution is -0.115. The van der Waals surface area contributed by atoms with Gasteiger partial charge >= 0.3 is 0 Å². The zero-order chi connectivity index (χ0) is 12.5. The highest BCUT2D eigenvalue weighted by Crippen LogP contribution is 2.25. The van der Waals surface area contributed by atoms with Gasteiger partial charge in [0.25, 0.3) is 5.91 Å². The molecule has 1 aromatic carbocycles. The van der Waals surface area contributed by atoms with Gasteiger partial charge in [0.15, 0.2) is 11.5 Å². The van der Waals surface area contributed by atoms with E-state index in [1.165, 1.54) is 0 Å². The molecule has 90 valence electrons. The van der Waals surface area contributed by atoms with Crippen molar-refractivity contribution < 1.29 is 14.3 Å². The summed E-state index contributed by atoms with van der Waals surface area (Å²) in [7, 11) is 1.58. The minimum absolute atomic E-state index is 0.295. The first-order valence-corrected chi connectivity index (χ1v) is 5.24. The number of hydrogen-bond donors (Lipinski definition) is 1. The molecule has 0 fully saturated rings. The van der Waals surface area contributed by atoms with Crippen LogP contribution in [0, 0.1) is 11.8 Å². The molecule has 0 unspecified atom stereocenters. The fourth-order valence-electron chi connectivity index (χ4n) is 1.22. The van der Waals surface area contributed by atoms with Gasteiger partial charge in [-0.1, -0.05) is 18.1 Å². The van der Waals surface area contributed by atoms with E-state index in [2.05, 4.69) is 17.2 Å². The van der Waals surface area contributed by atoms with Crippen LogP contribution in [0.2, 0.25) is 0 Å². The molecule has 1 rings (SSSR count). The Balaban J connectivity index is 2.35. The Bertz CT molecular complexity index is 432. The molecule has 17 heavy (non-hydrogen) atoms. The molecule has 0 saturated heterocycles. The second kappa shape index (κ2) is 7.18. The van der Waals surface area contributed by atoms with Gasteiger partial charge in [-0.3, -0.25) is 4.79 Å². The van der Waals surface area contributed by atoms with E-state index < -0.39 is 0 Å². The summed E-state index contributed by atoms with van der Waals surface area (Å²) in [6, 6.07) is 7.35.